The van der Waals surface area contributed by atoms with Crippen LogP contribution in [0, 0.1) is 0 Å². The molecular weight excluding hydrogens is 327 g/mol. The van der Waals surface area contributed by atoms with Gasteiger partial charge in [0.05, 0.1) is 0 Å². The summed E-state index contributed by atoms with van der Waals surface area (Å²) in [4.78, 5) is 0. The summed E-state index contributed by atoms with van der Waals surface area (Å²) in [6.45, 7) is 11.5. The van der Waals surface area contributed by atoms with Gasteiger partial charge in [-0.05, 0) is 0 Å². The molecule has 0 atom stereocenters. The van der Waals surface area contributed by atoms with Crippen molar-refractivity contribution in [1.82, 2.24) is 0 Å². The molecule has 0 rings (SSSR count). The predicted octanol–water partition coefficient (Wildman–Crippen LogP) is 5.58. The van der Waals surface area contributed by atoms with Crippen molar-refractivity contribution in [3.8, 4) is 0 Å². The quantitative estimate of drug-likeness (QED) is 0.237. The Bertz CT molecular complexity index is 170. The minimum atomic E-state index is -1.99. The minimum absolute atomic E-state index is 0.753. The second-order valence-corrected chi connectivity index (χ2v) is 19.3. The van der Waals surface area contributed by atoms with Gasteiger partial charge in [0.25, 0.3) is 0 Å². The third kappa shape index (κ3) is 8.57. The molecule has 0 amide bonds. The zero-order valence-electron chi connectivity index (χ0n) is 13.0. The van der Waals surface area contributed by atoms with Gasteiger partial charge in [0, 0.05) is 0 Å². The van der Waals surface area contributed by atoms with Crippen LogP contribution in [0.5, 0.6) is 0 Å². The van der Waals surface area contributed by atoms with E-state index < -0.39 is 18.4 Å². The predicted molar refractivity (Wildman–Crippen MR) is 85.9 cm³/mol. The number of unbranched alkanes of at least 4 members (excludes halogenated alkanes) is 3. The standard InChI is InChI=1S/C4H7O.3C4H9.Sn/c1-3-4-5-2;3*1-3-4-2;/h3H,1-2,4H2;3*1,3-4H2,2H3;. The van der Waals surface area contributed by atoms with Crippen molar-refractivity contribution < 1.29 is 4.74 Å². The first-order valence-electron chi connectivity index (χ1n) is 7.93. The first kappa shape index (κ1) is 18.5. The van der Waals surface area contributed by atoms with Gasteiger partial charge in [0.15, 0.2) is 0 Å². The first-order valence-corrected chi connectivity index (χ1v) is 16.0. The van der Waals surface area contributed by atoms with Gasteiger partial charge < -0.3 is 0 Å². The summed E-state index contributed by atoms with van der Waals surface area (Å²) in [6, 6.07) is 0. The molecule has 0 N–H and O–H groups in total. The molecule has 0 saturated carbocycles. The van der Waals surface area contributed by atoms with Gasteiger partial charge in [-0.3, -0.25) is 0 Å². The second-order valence-electron chi connectivity index (χ2n) is 5.61. The molecule has 2 heteroatoms. The summed E-state index contributed by atoms with van der Waals surface area (Å²) >= 11 is -1.99. The average molecular weight is 361 g/mol. The van der Waals surface area contributed by atoms with E-state index in [0.717, 1.165) is 11.2 Å². The van der Waals surface area contributed by atoms with Crippen LogP contribution in [-0.2, 0) is 4.74 Å². The Labute approximate surface area is 119 Å². The molecule has 0 unspecified atom stereocenters. The molecule has 0 heterocycles. The average Bonchev–Trinajstić information content (AvgIpc) is 2.40. The number of hydrogen-bond acceptors (Lipinski definition) is 1. The van der Waals surface area contributed by atoms with Crippen LogP contribution in [0.3, 0.4) is 0 Å². The third-order valence-electron chi connectivity index (χ3n) is 3.83. The molecule has 0 aromatic carbocycles. The van der Waals surface area contributed by atoms with Gasteiger partial charge >= 0.3 is 120 Å². The molecule has 108 valence electrons. The van der Waals surface area contributed by atoms with Crippen LogP contribution in [0.2, 0.25) is 13.3 Å². The van der Waals surface area contributed by atoms with Crippen LogP contribution in [0.15, 0.2) is 12.7 Å². The summed E-state index contributed by atoms with van der Waals surface area (Å²) in [7, 11) is 0. The fraction of sp³-hybridized carbons (Fsp3) is 0.875. The molecule has 1 nitrogen and oxygen atoms in total. The molecule has 0 radical (unpaired) electrons. The van der Waals surface area contributed by atoms with Crippen molar-refractivity contribution in [2.24, 2.45) is 0 Å². The number of ether oxygens (including phenoxy) is 1. The Balaban J connectivity index is 4.45. The van der Waals surface area contributed by atoms with Crippen LogP contribution in [0.25, 0.3) is 0 Å². The Morgan fingerprint density at radius 1 is 0.889 bits per heavy atom. The molecule has 0 aliphatic heterocycles. The van der Waals surface area contributed by atoms with Gasteiger partial charge in [-0.25, -0.2) is 0 Å². The monoisotopic (exact) mass is 362 g/mol. The van der Waals surface area contributed by atoms with Gasteiger partial charge in [0.2, 0.25) is 0 Å². The molecule has 0 bridgehead atoms. The van der Waals surface area contributed by atoms with Crippen LogP contribution in [0.1, 0.15) is 59.3 Å². The zero-order chi connectivity index (χ0) is 13.7. The van der Waals surface area contributed by atoms with E-state index in [2.05, 4.69) is 27.4 Å². The molecular formula is C16H34OSn. The molecule has 0 aromatic rings. The molecule has 0 aliphatic carbocycles. The van der Waals surface area contributed by atoms with Crippen molar-refractivity contribution in [3.63, 3.8) is 0 Å². The van der Waals surface area contributed by atoms with E-state index >= 15 is 0 Å². The van der Waals surface area contributed by atoms with E-state index in [9.17, 15) is 0 Å². The maximum atomic E-state index is 5.91. The molecule has 0 aromatic heterocycles. The van der Waals surface area contributed by atoms with E-state index in [1.54, 1.807) is 13.3 Å². The van der Waals surface area contributed by atoms with Gasteiger partial charge in [0.1, 0.15) is 0 Å². The Hall–Kier alpha value is 0.499. The van der Waals surface area contributed by atoms with E-state index in [4.69, 9.17) is 4.74 Å². The number of rotatable bonds is 13. The fourth-order valence-electron chi connectivity index (χ4n) is 2.61. The summed E-state index contributed by atoms with van der Waals surface area (Å²) < 4.78 is 11.7. The van der Waals surface area contributed by atoms with Crippen LogP contribution < -0.4 is 0 Å². The Kier molecular flexibility index (Phi) is 12.9. The van der Waals surface area contributed by atoms with Crippen molar-refractivity contribution in [3.05, 3.63) is 12.7 Å². The van der Waals surface area contributed by atoms with E-state index in [1.165, 1.54) is 38.5 Å². The van der Waals surface area contributed by atoms with Gasteiger partial charge in [-0.2, -0.15) is 0 Å². The molecule has 0 fully saturated rings. The second kappa shape index (κ2) is 12.5. The Morgan fingerprint density at radius 2 is 1.33 bits per heavy atom. The first-order chi connectivity index (χ1) is 8.74. The summed E-state index contributed by atoms with van der Waals surface area (Å²) in [5, 5.41) is 0. The van der Waals surface area contributed by atoms with Crippen LogP contribution >= 0.6 is 0 Å². The number of hydrogen-bond donors (Lipinski definition) is 0. The topological polar surface area (TPSA) is 9.23 Å². The molecule has 0 saturated heterocycles. The maximum absolute atomic E-state index is 5.91. The zero-order valence-corrected chi connectivity index (χ0v) is 15.8. The van der Waals surface area contributed by atoms with Crippen LogP contribution in [0.4, 0.5) is 0 Å². The summed E-state index contributed by atoms with van der Waals surface area (Å²) in [5.74, 6) is 0. The van der Waals surface area contributed by atoms with Gasteiger partial charge in [-0.15, -0.1) is 0 Å². The van der Waals surface area contributed by atoms with Crippen molar-refractivity contribution >= 4 is 18.4 Å². The summed E-state index contributed by atoms with van der Waals surface area (Å²) in [5.41, 5.74) is 0. The van der Waals surface area contributed by atoms with E-state index in [0.29, 0.717) is 0 Å². The normalized spacial score (nSPS) is 11.7. The molecule has 18 heavy (non-hydrogen) atoms. The van der Waals surface area contributed by atoms with E-state index in [1.807, 2.05) is 6.08 Å². The Morgan fingerprint density at radius 3 is 1.67 bits per heavy atom. The van der Waals surface area contributed by atoms with Crippen molar-refractivity contribution in [2.45, 2.75) is 72.6 Å². The van der Waals surface area contributed by atoms with E-state index in [-0.39, 0.29) is 0 Å². The molecule has 0 aliphatic rings. The van der Waals surface area contributed by atoms with Crippen LogP contribution in [-0.4, -0.2) is 29.6 Å². The SMILES string of the molecule is C=CCO[CH2][Sn]([CH2]CCC)([CH2]CCC)[CH2]CCC. The third-order valence-corrected chi connectivity index (χ3v) is 18.3. The van der Waals surface area contributed by atoms with Crippen molar-refractivity contribution in [1.29, 1.82) is 0 Å². The molecule has 0 spiro atoms. The fourth-order valence-corrected chi connectivity index (χ4v) is 17.0. The van der Waals surface area contributed by atoms with Gasteiger partial charge in [-0.1, -0.05) is 0 Å². The van der Waals surface area contributed by atoms with Crippen molar-refractivity contribution in [2.75, 3.05) is 11.2 Å². The summed E-state index contributed by atoms with van der Waals surface area (Å²) in [6.07, 6.45) is 10.2.